The third kappa shape index (κ3) is 6.50. The quantitative estimate of drug-likeness (QED) is 0.609. The second kappa shape index (κ2) is 11.2. The van der Waals surface area contributed by atoms with E-state index in [4.69, 9.17) is 9.47 Å². The van der Waals surface area contributed by atoms with Crippen molar-refractivity contribution in [1.82, 2.24) is 10.2 Å². The van der Waals surface area contributed by atoms with E-state index in [0.29, 0.717) is 12.3 Å². The lowest BCUT2D eigenvalue weighted by molar-refractivity contribution is -0.142. The van der Waals surface area contributed by atoms with Crippen LogP contribution in [0.1, 0.15) is 54.9 Å². The van der Waals surface area contributed by atoms with Crippen LogP contribution in [0.15, 0.2) is 36.4 Å². The average Bonchev–Trinajstić information content (AvgIpc) is 3.31. The number of carbonyl (C=O) groups is 2. The van der Waals surface area contributed by atoms with Gasteiger partial charge in [0.05, 0.1) is 7.11 Å². The number of nitrogens with zero attached hydrogens (tertiary/aromatic N) is 1. The van der Waals surface area contributed by atoms with Gasteiger partial charge < -0.3 is 19.7 Å². The van der Waals surface area contributed by atoms with Gasteiger partial charge in [0.25, 0.3) is 5.91 Å². The average molecular weight is 453 g/mol. The Morgan fingerprint density at radius 3 is 2.39 bits per heavy atom. The first-order chi connectivity index (χ1) is 15.8. The Kier molecular flexibility index (Phi) is 8.37. The van der Waals surface area contributed by atoms with Crippen molar-refractivity contribution in [2.45, 2.75) is 72.0 Å². The summed E-state index contributed by atoms with van der Waals surface area (Å²) in [6, 6.07) is 11.2. The van der Waals surface area contributed by atoms with Crippen molar-refractivity contribution in [2.24, 2.45) is 0 Å². The predicted molar refractivity (Wildman–Crippen MR) is 130 cm³/mol. The second-order valence-corrected chi connectivity index (χ2v) is 9.03. The zero-order chi connectivity index (χ0) is 24.0. The van der Waals surface area contributed by atoms with Crippen molar-refractivity contribution in [2.75, 3.05) is 13.7 Å². The molecule has 0 unspecified atom stereocenters. The number of benzene rings is 2. The lowest BCUT2D eigenvalue weighted by Gasteiger charge is -2.30. The Morgan fingerprint density at radius 1 is 1.09 bits per heavy atom. The van der Waals surface area contributed by atoms with Crippen LogP contribution in [0.2, 0.25) is 0 Å². The molecule has 33 heavy (non-hydrogen) atoms. The fourth-order valence-corrected chi connectivity index (χ4v) is 4.28. The molecule has 6 heteroatoms. The Balaban J connectivity index is 1.75. The van der Waals surface area contributed by atoms with Crippen molar-refractivity contribution in [3.63, 3.8) is 0 Å². The van der Waals surface area contributed by atoms with Gasteiger partial charge in [0.2, 0.25) is 5.91 Å². The highest BCUT2D eigenvalue weighted by Crippen LogP contribution is 2.24. The number of carbonyl (C=O) groups excluding carboxylic acids is 2. The molecule has 2 amide bonds. The summed E-state index contributed by atoms with van der Waals surface area (Å²) in [5.74, 6) is 1.11. The summed E-state index contributed by atoms with van der Waals surface area (Å²) in [5.41, 5.74) is 4.14. The highest BCUT2D eigenvalue weighted by atomic mass is 16.5. The Morgan fingerprint density at radius 2 is 1.76 bits per heavy atom. The molecule has 1 aliphatic rings. The van der Waals surface area contributed by atoms with Gasteiger partial charge in [0.15, 0.2) is 6.61 Å². The van der Waals surface area contributed by atoms with Crippen LogP contribution in [-0.4, -0.2) is 42.5 Å². The Bertz CT molecular complexity index is 965. The molecule has 0 radical (unpaired) electrons. The molecular formula is C27H36N2O4. The van der Waals surface area contributed by atoms with Gasteiger partial charge in [0.1, 0.15) is 17.5 Å². The highest BCUT2D eigenvalue weighted by Gasteiger charge is 2.29. The van der Waals surface area contributed by atoms with Gasteiger partial charge in [-0.25, -0.2) is 0 Å². The van der Waals surface area contributed by atoms with Crippen molar-refractivity contribution in [3.05, 3.63) is 58.7 Å². The minimum atomic E-state index is -0.607. The fourth-order valence-electron chi connectivity index (χ4n) is 4.28. The Labute approximate surface area is 197 Å². The summed E-state index contributed by atoms with van der Waals surface area (Å²) in [5, 5.41) is 3.12. The summed E-state index contributed by atoms with van der Waals surface area (Å²) < 4.78 is 11.2. The molecule has 0 aliphatic heterocycles. The van der Waals surface area contributed by atoms with E-state index < -0.39 is 6.04 Å². The smallest absolute Gasteiger partial charge is 0.261 e. The first-order valence-corrected chi connectivity index (χ1v) is 11.7. The third-order valence-electron chi connectivity index (χ3n) is 6.50. The summed E-state index contributed by atoms with van der Waals surface area (Å²) >= 11 is 0. The summed E-state index contributed by atoms with van der Waals surface area (Å²) in [4.78, 5) is 27.9. The molecule has 1 N–H and O–H groups in total. The summed E-state index contributed by atoms with van der Waals surface area (Å²) in [6.45, 7) is 8.00. The van der Waals surface area contributed by atoms with E-state index in [0.717, 1.165) is 53.7 Å². The standard InChI is InChI=1S/C27H36N2O4/c1-18-14-19(2)20(3)25(15-18)33-17-26(30)29(16-22-10-12-24(32-5)13-11-22)21(4)27(31)28-23-8-6-7-9-23/h10-15,21,23H,6-9,16-17H2,1-5H3,(H,28,31)/t21-/m0/s1. The van der Waals surface area contributed by atoms with E-state index in [-0.39, 0.29) is 24.5 Å². The van der Waals surface area contributed by atoms with E-state index in [9.17, 15) is 9.59 Å². The van der Waals surface area contributed by atoms with Gasteiger partial charge in [-0.15, -0.1) is 0 Å². The fraction of sp³-hybridized carbons (Fsp3) is 0.481. The SMILES string of the molecule is COc1ccc(CN(C(=O)COc2cc(C)cc(C)c2C)[C@@H](C)C(=O)NC2CCCC2)cc1. The topological polar surface area (TPSA) is 67.9 Å². The van der Waals surface area contributed by atoms with E-state index >= 15 is 0 Å². The molecule has 0 heterocycles. The number of ether oxygens (including phenoxy) is 2. The van der Waals surface area contributed by atoms with E-state index in [2.05, 4.69) is 11.4 Å². The lowest BCUT2D eigenvalue weighted by Crippen LogP contribution is -2.50. The molecule has 6 nitrogen and oxygen atoms in total. The molecule has 0 spiro atoms. The van der Waals surface area contributed by atoms with Crippen LogP contribution in [0.25, 0.3) is 0 Å². The largest absolute Gasteiger partial charge is 0.497 e. The maximum absolute atomic E-state index is 13.3. The van der Waals surface area contributed by atoms with Crippen LogP contribution >= 0.6 is 0 Å². The van der Waals surface area contributed by atoms with Gasteiger partial charge in [0, 0.05) is 12.6 Å². The molecule has 2 aromatic carbocycles. The number of nitrogens with one attached hydrogen (secondary N) is 1. The zero-order valence-corrected chi connectivity index (χ0v) is 20.4. The normalized spacial score (nSPS) is 14.6. The predicted octanol–water partition coefficient (Wildman–Crippen LogP) is 4.48. The van der Waals surface area contributed by atoms with Gasteiger partial charge in [-0.2, -0.15) is 0 Å². The van der Waals surface area contributed by atoms with Crippen molar-refractivity contribution < 1.29 is 19.1 Å². The van der Waals surface area contributed by atoms with Crippen molar-refractivity contribution >= 4 is 11.8 Å². The maximum atomic E-state index is 13.3. The van der Waals surface area contributed by atoms with E-state index in [1.54, 1.807) is 18.9 Å². The third-order valence-corrected chi connectivity index (χ3v) is 6.50. The van der Waals surface area contributed by atoms with Crippen molar-refractivity contribution in [1.29, 1.82) is 0 Å². The summed E-state index contributed by atoms with van der Waals surface area (Å²) in [7, 11) is 1.62. The molecule has 1 aliphatic carbocycles. The minimum Gasteiger partial charge on any atom is -0.497 e. The van der Waals surface area contributed by atoms with E-state index in [1.807, 2.05) is 51.1 Å². The van der Waals surface area contributed by atoms with Crippen LogP contribution < -0.4 is 14.8 Å². The molecule has 3 rings (SSSR count). The minimum absolute atomic E-state index is 0.119. The maximum Gasteiger partial charge on any atom is 0.261 e. The van der Waals surface area contributed by atoms with Crippen LogP contribution in [0.3, 0.4) is 0 Å². The highest BCUT2D eigenvalue weighted by molar-refractivity contribution is 5.88. The van der Waals surface area contributed by atoms with Gasteiger partial charge in [-0.05, 0) is 81.0 Å². The number of hydrogen-bond donors (Lipinski definition) is 1. The molecule has 0 saturated heterocycles. The van der Waals surface area contributed by atoms with Gasteiger partial charge in [-0.1, -0.05) is 31.0 Å². The molecular weight excluding hydrogens is 416 g/mol. The molecule has 178 valence electrons. The number of hydrogen-bond acceptors (Lipinski definition) is 4. The molecule has 0 aromatic heterocycles. The second-order valence-electron chi connectivity index (χ2n) is 9.03. The lowest BCUT2D eigenvalue weighted by atomic mass is 10.1. The number of methoxy groups -OCH3 is 1. The van der Waals surface area contributed by atoms with Crippen LogP contribution in [-0.2, 0) is 16.1 Å². The van der Waals surface area contributed by atoms with E-state index in [1.165, 1.54) is 0 Å². The molecule has 1 atom stereocenters. The van der Waals surface area contributed by atoms with Gasteiger partial charge >= 0.3 is 0 Å². The number of amides is 2. The zero-order valence-electron chi connectivity index (χ0n) is 20.4. The van der Waals surface area contributed by atoms with Crippen LogP contribution in [0, 0.1) is 20.8 Å². The van der Waals surface area contributed by atoms with Crippen molar-refractivity contribution in [3.8, 4) is 11.5 Å². The number of aryl methyl sites for hydroxylation is 2. The molecule has 2 aromatic rings. The first kappa shape index (κ1) is 24.6. The number of rotatable bonds is 9. The molecule has 1 fully saturated rings. The Hall–Kier alpha value is -3.02. The first-order valence-electron chi connectivity index (χ1n) is 11.7. The monoisotopic (exact) mass is 452 g/mol. The van der Waals surface area contributed by atoms with Crippen LogP contribution in [0.5, 0.6) is 11.5 Å². The van der Waals surface area contributed by atoms with Crippen LogP contribution in [0.4, 0.5) is 0 Å². The van der Waals surface area contributed by atoms with Gasteiger partial charge in [-0.3, -0.25) is 9.59 Å². The summed E-state index contributed by atoms with van der Waals surface area (Å²) in [6.07, 6.45) is 4.27. The molecule has 1 saturated carbocycles. The molecule has 0 bridgehead atoms.